The van der Waals surface area contributed by atoms with Crippen molar-refractivity contribution in [3.05, 3.63) is 35.1 Å². The highest BCUT2D eigenvalue weighted by Gasteiger charge is 2.41. The van der Waals surface area contributed by atoms with Gasteiger partial charge in [-0.15, -0.1) is 0 Å². The topological polar surface area (TPSA) is 20.2 Å². The van der Waals surface area contributed by atoms with E-state index >= 15 is 0 Å². The van der Waals surface area contributed by atoms with Gasteiger partial charge in [-0.1, -0.05) is 19.8 Å². The first kappa shape index (κ1) is 13.4. The normalized spacial score (nSPS) is 20.1. The molecule has 1 nitrogen and oxygen atoms in total. The Morgan fingerprint density at radius 1 is 1.11 bits per heavy atom. The number of aliphatic hydroxyl groups excluding tert-OH is 1. The number of aliphatic hydroxyl groups is 1. The molecule has 0 aliphatic heterocycles. The summed E-state index contributed by atoms with van der Waals surface area (Å²) in [7, 11) is 0. The quantitative estimate of drug-likeness (QED) is 0.809. The molecule has 1 saturated carbocycles. The fraction of sp³-hybridized carbons (Fsp3) is 0.571. The highest BCUT2D eigenvalue weighted by Crippen LogP contribution is 2.50. The summed E-state index contributed by atoms with van der Waals surface area (Å²) in [4.78, 5) is 0. The van der Waals surface area contributed by atoms with Crippen LogP contribution in [0.1, 0.15) is 50.7 Å². The highest BCUT2D eigenvalue weighted by molar-refractivity contribution is 5.24. The fourth-order valence-electron chi connectivity index (χ4n) is 2.98. The van der Waals surface area contributed by atoms with Crippen LogP contribution in [0.15, 0.2) is 12.1 Å². The van der Waals surface area contributed by atoms with Gasteiger partial charge in [-0.2, -0.15) is 0 Å². The van der Waals surface area contributed by atoms with E-state index in [2.05, 4.69) is 0 Å². The van der Waals surface area contributed by atoms with Crippen LogP contribution in [0.25, 0.3) is 0 Å². The molecular weight excluding hydrogens is 241 g/mol. The van der Waals surface area contributed by atoms with Crippen molar-refractivity contribution < 1.29 is 18.3 Å². The molecule has 0 bridgehead atoms. The zero-order valence-corrected chi connectivity index (χ0v) is 10.3. The molecule has 1 aromatic rings. The van der Waals surface area contributed by atoms with Gasteiger partial charge in [0, 0.05) is 17.0 Å². The number of rotatable bonds is 3. The lowest BCUT2D eigenvalue weighted by atomic mass is 9.75. The Bertz CT molecular complexity index is 439. The van der Waals surface area contributed by atoms with E-state index in [9.17, 15) is 18.3 Å². The van der Waals surface area contributed by atoms with E-state index < -0.39 is 29.0 Å². The molecule has 1 unspecified atom stereocenters. The molecule has 0 radical (unpaired) electrons. The van der Waals surface area contributed by atoms with Crippen LogP contribution in [0.2, 0.25) is 0 Å². The summed E-state index contributed by atoms with van der Waals surface area (Å²) < 4.78 is 39.7. The van der Waals surface area contributed by atoms with Crippen molar-refractivity contribution in [3.63, 3.8) is 0 Å². The Morgan fingerprint density at radius 2 is 1.67 bits per heavy atom. The lowest BCUT2D eigenvalue weighted by Crippen LogP contribution is -2.26. The predicted octanol–water partition coefficient (Wildman–Crippen LogP) is 4.11. The summed E-state index contributed by atoms with van der Waals surface area (Å²) in [5, 5.41) is 10.3. The first-order valence-corrected chi connectivity index (χ1v) is 6.32. The van der Waals surface area contributed by atoms with Crippen molar-refractivity contribution in [1.82, 2.24) is 0 Å². The molecule has 1 aliphatic carbocycles. The summed E-state index contributed by atoms with van der Waals surface area (Å²) in [6, 6.07) is 1.29. The summed E-state index contributed by atoms with van der Waals surface area (Å²) in [5.74, 6) is -3.21. The van der Waals surface area contributed by atoms with Gasteiger partial charge in [-0.25, -0.2) is 13.2 Å². The largest absolute Gasteiger partial charge is 0.388 e. The Morgan fingerprint density at radius 3 is 2.22 bits per heavy atom. The van der Waals surface area contributed by atoms with Gasteiger partial charge in [0.1, 0.15) is 5.82 Å². The zero-order valence-electron chi connectivity index (χ0n) is 10.3. The van der Waals surface area contributed by atoms with E-state index in [1.807, 2.05) is 6.92 Å². The van der Waals surface area contributed by atoms with Crippen LogP contribution in [0.5, 0.6) is 0 Å². The molecule has 18 heavy (non-hydrogen) atoms. The Labute approximate surface area is 105 Å². The molecule has 1 fully saturated rings. The van der Waals surface area contributed by atoms with E-state index in [-0.39, 0.29) is 5.56 Å². The van der Waals surface area contributed by atoms with Crippen LogP contribution in [-0.2, 0) is 0 Å². The third kappa shape index (κ3) is 2.14. The average molecular weight is 258 g/mol. The molecule has 1 aromatic carbocycles. The van der Waals surface area contributed by atoms with E-state index in [1.54, 1.807) is 0 Å². The third-order valence-electron chi connectivity index (χ3n) is 4.22. The molecule has 0 amide bonds. The Hall–Kier alpha value is -1.03. The van der Waals surface area contributed by atoms with Crippen molar-refractivity contribution in [2.75, 3.05) is 0 Å². The molecular formula is C14H17F3O. The molecule has 0 aromatic heterocycles. The summed E-state index contributed by atoms with van der Waals surface area (Å²) in [6.07, 6.45) is 3.19. The van der Waals surface area contributed by atoms with Crippen molar-refractivity contribution in [2.24, 2.45) is 5.41 Å². The minimum atomic E-state index is -1.22. The second-order valence-corrected chi connectivity index (χ2v) is 5.11. The van der Waals surface area contributed by atoms with Crippen LogP contribution < -0.4 is 0 Å². The van der Waals surface area contributed by atoms with Crippen molar-refractivity contribution in [3.8, 4) is 0 Å². The van der Waals surface area contributed by atoms with Crippen molar-refractivity contribution in [1.29, 1.82) is 0 Å². The molecule has 4 heteroatoms. The maximum atomic E-state index is 13.7. The molecule has 1 N–H and O–H groups in total. The number of hydrogen-bond acceptors (Lipinski definition) is 1. The minimum Gasteiger partial charge on any atom is -0.388 e. The molecule has 1 atom stereocenters. The smallest absolute Gasteiger partial charge is 0.161 e. The first-order chi connectivity index (χ1) is 8.50. The van der Waals surface area contributed by atoms with Gasteiger partial charge < -0.3 is 5.11 Å². The lowest BCUT2D eigenvalue weighted by molar-refractivity contribution is 0.0208. The summed E-state index contributed by atoms with van der Waals surface area (Å²) in [6.45, 7) is 1.94. The monoisotopic (exact) mass is 258 g/mol. The summed E-state index contributed by atoms with van der Waals surface area (Å²) >= 11 is 0. The van der Waals surface area contributed by atoms with E-state index in [4.69, 9.17) is 0 Å². The van der Waals surface area contributed by atoms with Gasteiger partial charge in [-0.3, -0.25) is 0 Å². The molecule has 2 rings (SSSR count). The number of halogens is 3. The van der Waals surface area contributed by atoms with Gasteiger partial charge in [0.25, 0.3) is 0 Å². The van der Waals surface area contributed by atoms with Gasteiger partial charge in [-0.05, 0) is 25.3 Å². The molecule has 0 spiro atoms. The molecule has 0 saturated heterocycles. The van der Waals surface area contributed by atoms with Gasteiger partial charge in [0.2, 0.25) is 0 Å². The Kier molecular flexibility index (Phi) is 3.66. The maximum absolute atomic E-state index is 13.7. The second-order valence-electron chi connectivity index (χ2n) is 5.11. The standard InChI is InChI=1S/C14H17F3O/c1-2-14(5-3-4-6-14)13(18)9-7-11(16)12(17)8-10(9)15/h7-8,13,18H,2-6H2,1H3. The Balaban J connectivity index is 2.39. The highest BCUT2D eigenvalue weighted by atomic mass is 19.2. The van der Waals surface area contributed by atoms with Crippen LogP contribution in [0, 0.1) is 22.9 Å². The van der Waals surface area contributed by atoms with Gasteiger partial charge >= 0.3 is 0 Å². The summed E-state index contributed by atoms with van der Waals surface area (Å²) in [5.41, 5.74) is -0.525. The van der Waals surface area contributed by atoms with Crippen LogP contribution in [-0.4, -0.2) is 5.11 Å². The van der Waals surface area contributed by atoms with E-state index in [1.165, 1.54) is 0 Å². The van der Waals surface area contributed by atoms with Crippen LogP contribution in [0.3, 0.4) is 0 Å². The van der Waals surface area contributed by atoms with Crippen molar-refractivity contribution >= 4 is 0 Å². The fourth-order valence-corrected chi connectivity index (χ4v) is 2.98. The number of hydrogen-bond donors (Lipinski definition) is 1. The molecule has 0 heterocycles. The van der Waals surface area contributed by atoms with Crippen molar-refractivity contribution in [2.45, 2.75) is 45.1 Å². The predicted molar refractivity (Wildman–Crippen MR) is 62.5 cm³/mol. The number of benzene rings is 1. The van der Waals surface area contributed by atoms with E-state index in [0.717, 1.165) is 31.7 Å². The van der Waals surface area contributed by atoms with Gasteiger partial charge in [0.15, 0.2) is 11.6 Å². The van der Waals surface area contributed by atoms with E-state index in [0.29, 0.717) is 12.5 Å². The third-order valence-corrected chi connectivity index (χ3v) is 4.22. The van der Waals surface area contributed by atoms with Gasteiger partial charge in [0.05, 0.1) is 6.10 Å². The lowest BCUT2D eigenvalue weighted by Gasteiger charge is -2.33. The van der Waals surface area contributed by atoms with Crippen LogP contribution in [0.4, 0.5) is 13.2 Å². The first-order valence-electron chi connectivity index (χ1n) is 6.32. The SMILES string of the molecule is CCC1(C(O)c2cc(F)c(F)cc2F)CCCC1. The second kappa shape index (κ2) is 4.92. The average Bonchev–Trinajstić information content (AvgIpc) is 2.83. The zero-order chi connectivity index (χ0) is 13.3. The van der Waals surface area contributed by atoms with Crippen LogP contribution >= 0.6 is 0 Å². The molecule has 100 valence electrons. The maximum Gasteiger partial charge on any atom is 0.161 e. The molecule has 1 aliphatic rings. The minimum absolute atomic E-state index is 0.127.